The molecule has 0 aromatic rings. The molecule has 0 bridgehead atoms. The lowest BCUT2D eigenvalue weighted by Crippen LogP contribution is -2.00. The van der Waals surface area contributed by atoms with Gasteiger partial charge >= 0.3 is 5.97 Å². The molecular formula is C8H16O2. The van der Waals surface area contributed by atoms with Gasteiger partial charge in [-0.15, -0.1) is 0 Å². The average Bonchev–Trinajstić information content (AvgIpc) is 2.04. The second kappa shape index (κ2) is 11.1. The molecule has 0 spiro atoms. The van der Waals surface area contributed by atoms with Crippen molar-refractivity contribution in [2.75, 3.05) is 6.61 Å². The van der Waals surface area contributed by atoms with Crippen molar-refractivity contribution in [2.24, 2.45) is 0 Å². The van der Waals surface area contributed by atoms with Crippen LogP contribution in [0.15, 0.2) is 12.7 Å². The monoisotopic (exact) mass is 144 g/mol. The summed E-state index contributed by atoms with van der Waals surface area (Å²) < 4.78 is 4.58. The summed E-state index contributed by atoms with van der Waals surface area (Å²) in [5.41, 5.74) is 0. The number of carbonyl (C=O) groups excluding carboxylic acids is 1. The first-order valence-electron chi connectivity index (χ1n) is 3.57. The second-order valence-corrected chi connectivity index (χ2v) is 1.33. The Morgan fingerprint density at radius 3 is 2.40 bits per heavy atom. The number of carbonyl (C=O) groups is 1. The van der Waals surface area contributed by atoms with Gasteiger partial charge in [0.25, 0.3) is 0 Å². The highest BCUT2D eigenvalue weighted by molar-refractivity contribution is 5.68. The molecule has 0 aliphatic carbocycles. The molecule has 0 heterocycles. The SMILES string of the molecule is C=CCOC(=O)CC.CC. The van der Waals surface area contributed by atoms with E-state index < -0.39 is 0 Å². The number of hydrogen-bond donors (Lipinski definition) is 0. The normalized spacial score (nSPS) is 7.10. The highest BCUT2D eigenvalue weighted by atomic mass is 16.5. The Balaban J connectivity index is 0. The molecule has 2 heteroatoms. The first kappa shape index (κ1) is 11.9. The molecule has 0 N–H and O–H groups in total. The van der Waals surface area contributed by atoms with Crippen molar-refractivity contribution in [3.05, 3.63) is 12.7 Å². The largest absolute Gasteiger partial charge is 0.461 e. The van der Waals surface area contributed by atoms with Gasteiger partial charge in [-0.1, -0.05) is 33.4 Å². The molecule has 0 fully saturated rings. The summed E-state index contributed by atoms with van der Waals surface area (Å²) in [6.45, 7) is 9.47. The van der Waals surface area contributed by atoms with Gasteiger partial charge < -0.3 is 4.74 Å². The van der Waals surface area contributed by atoms with Crippen LogP contribution in [0.4, 0.5) is 0 Å². The van der Waals surface area contributed by atoms with Gasteiger partial charge in [0, 0.05) is 6.42 Å². The fourth-order valence-corrected chi connectivity index (χ4v) is 0.254. The maximum absolute atomic E-state index is 10.3. The quantitative estimate of drug-likeness (QED) is 0.448. The number of rotatable bonds is 3. The third kappa shape index (κ3) is 10.2. The van der Waals surface area contributed by atoms with E-state index in [1.54, 1.807) is 13.0 Å². The van der Waals surface area contributed by atoms with E-state index >= 15 is 0 Å². The predicted molar refractivity (Wildman–Crippen MR) is 42.8 cm³/mol. The van der Waals surface area contributed by atoms with Gasteiger partial charge in [-0.3, -0.25) is 4.79 Å². The van der Waals surface area contributed by atoms with Crippen LogP contribution in [0.25, 0.3) is 0 Å². The van der Waals surface area contributed by atoms with Gasteiger partial charge in [-0.05, 0) is 0 Å². The topological polar surface area (TPSA) is 26.3 Å². The zero-order valence-electron chi connectivity index (χ0n) is 7.02. The van der Waals surface area contributed by atoms with E-state index in [1.807, 2.05) is 13.8 Å². The third-order valence-corrected chi connectivity index (χ3v) is 0.651. The molecule has 0 unspecified atom stereocenters. The Bertz CT molecular complexity index is 87.3. The molecule has 0 rings (SSSR count). The smallest absolute Gasteiger partial charge is 0.305 e. The summed E-state index contributed by atoms with van der Waals surface area (Å²) in [6, 6.07) is 0. The van der Waals surface area contributed by atoms with Crippen LogP contribution in [0.1, 0.15) is 27.2 Å². The summed E-state index contributed by atoms with van der Waals surface area (Å²) in [4.78, 5) is 10.3. The number of hydrogen-bond acceptors (Lipinski definition) is 2. The minimum absolute atomic E-state index is 0.176. The van der Waals surface area contributed by atoms with Gasteiger partial charge in [0.15, 0.2) is 0 Å². The maximum Gasteiger partial charge on any atom is 0.305 e. The molecule has 0 aliphatic heterocycles. The molecule has 0 aliphatic rings. The highest BCUT2D eigenvalue weighted by Gasteiger charge is 1.92. The van der Waals surface area contributed by atoms with Crippen molar-refractivity contribution in [3.8, 4) is 0 Å². The van der Waals surface area contributed by atoms with Crippen molar-refractivity contribution >= 4 is 5.97 Å². The van der Waals surface area contributed by atoms with Crippen LogP contribution >= 0.6 is 0 Å². The van der Waals surface area contributed by atoms with Crippen molar-refractivity contribution in [2.45, 2.75) is 27.2 Å². The second-order valence-electron chi connectivity index (χ2n) is 1.33. The summed E-state index contributed by atoms with van der Waals surface area (Å²) >= 11 is 0. The number of ether oxygens (including phenoxy) is 1. The van der Waals surface area contributed by atoms with E-state index in [2.05, 4.69) is 11.3 Å². The fraction of sp³-hybridized carbons (Fsp3) is 0.625. The van der Waals surface area contributed by atoms with Crippen molar-refractivity contribution < 1.29 is 9.53 Å². The van der Waals surface area contributed by atoms with Gasteiger partial charge in [0.2, 0.25) is 0 Å². The van der Waals surface area contributed by atoms with Crippen LogP contribution in [0.3, 0.4) is 0 Å². The van der Waals surface area contributed by atoms with Crippen LogP contribution in [0, 0.1) is 0 Å². The summed E-state index contributed by atoms with van der Waals surface area (Å²) in [5, 5.41) is 0. The van der Waals surface area contributed by atoms with Crippen molar-refractivity contribution in [1.82, 2.24) is 0 Å². The van der Waals surface area contributed by atoms with Crippen LogP contribution < -0.4 is 0 Å². The van der Waals surface area contributed by atoms with E-state index in [0.717, 1.165) is 0 Å². The standard InChI is InChI=1S/C6H10O2.C2H6/c1-3-5-8-6(7)4-2;1-2/h3H,1,4-5H2,2H3;1-2H3. The van der Waals surface area contributed by atoms with E-state index in [4.69, 9.17) is 0 Å². The summed E-state index contributed by atoms with van der Waals surface area (Å²) in [6.07, 6.45) is 1.99. The van der Waals surface area contributed by atoms with Crippen LogP contribution in [-0.4, -0.2) is 12.6 Å². The van der Waals surface area contributed by atoms with E-state index in [0.29, 0.717) is 13.0 Å². The average molecular weight is 144 g/mol. The predicted octanol–water partition coefficient (Wildman–Crippen LogP) is 2.15. The molecule has 60 valence electrons. The minimum Gasteiger partial charge on any atom is -0.461 e. The van der Waals surface area contributed by atoms with Crippen LogP contribution in [0.2, 0.25) is 0 Å². The lowest BCUT2D eigenvalue weighted by Gasteiger charge is -1.94. The van der Waals surface area contributed by atoms with Gasteiger partial charge in [0.1, 0.15) is 6.61 Å². The zero-order chi connectivity index (χ0) is 8.41. The lowest BCUT2D eigenvalue weighted by atomic mass is 10.5. The molecule has 0 radical (unpaired) electrons. The van der Waals surface area contributed by atoms with Gasteiger partial charge in [-0.25, -0.2) is 0 Å². The minimum atomic E-state index is -0.176. The van der Waals surface area contributed by atoms with E-state index in [9.17, 15) is 4.79 Å². The summed E-state index contributed by atoms with van der Waals surface area (Å²) in [5.74, 6) is -0.176. The third-order valence-electron chi connectivity index (χ3n) is 0.651. The molecular weight excluding hydrogens is 128 g/mol. The molecule has 0 aromatic heterocycles. The van der Waals surface area contributed by atoms with E-state index in [1.165, 1.54) is 0 Å². The Labute approximate surface area is 62.9 Å². The Kier molecular flexibility index (Phi) is 13.2. The molecule has 0 saturated heterocycles. The first-order valence-corrected chi connectivity index (χ1v) is 3.57. The zero-order valence-corrected chi connectivity index (χ0v) is 7.02. The van der Waals surface area contributed by atoms with Crippen LogP contribution in [-0.2, 0) is 9.53 Å². The Hall–Kier alpha value is -0.790. The molecule has 0 saturated carbocycles. The molecule has 2 nitrogen and oxygen atoms in total. The fourth-order valence-electron chi connectivity index (χ4n) is 0.254. The summed E-state index contributed by atoms with van der Waals surface area (Å²) in [7, 11) is 0. The molecule has 0 atom stereocenters. The Morgan fingerprint density at radius 1 is 1.60 bits per heavy atom. The van der Waals surface area contributed by atoms with Crippen molar-refractivity contribution in [1.29, 1.82) is 0 Å². The van der Waals surface area contributed by atoms with E-state index in [-0.39, 0.29) is 5.97 Å². The first-order chi connectivity index (χ1) is 4.81. The Morgan fingerprint density at radius 2 is 2.10 bits per heavy atom. The number of esters is 1. The maximum atomic E-state index is 10.3. The molecule has 0 amide bonds. The highest BCUT2D eigenvalue weighted by Crippen LogP contribution is 1.82. The van der Waals surface area contributed by atoms with Crippen LogP contribution in [0.5, 0.6) is 0 Å². The molecule has 0 aromatic carbocycles. The van der Waals surface area contributed by atoms with Gasteiger partial charge in [-0.2, -0.15) is 0 Å². The van der Waals surface area contributed by atoms with Crippen molar-refractivity contribution in [3.63, 3.8) is 0 Å². The molecule has 10 heavy (non-hydrogen) atoms. The lowest BCUT2D eigenvalue weighted by molar-refractivity contribution is -0.141. The van der Waals surface area contributed by atoms with Gasteiger partial charge in [0.05, 0.1) is 0 Å².